The third-order valence-electron chi connectivity index (χ3n) is 2.64. The maximum Gasteiger partial charge on any atom is 0.274 e. The topological polar surface area (TPSA) is 59.8 Å². The summed E-state index contributed by atoms with van der Waals surface area (Å²) >= 11 is 2.99. The van der Waals surface area contributed by atoms with Crippen LogP contribution in [0.2, 0.25) is 0 Å². The standard InChI is InChI=1S/C11H10N4OS2/c1-6-13-14-11(18-6)12-10(16)8-5-9-7(15(8)2)3-4-17-9/h3-5H,1-2H3,(H,12,14,16). The number of anilines is 1. The Hall–Kier alpha value is -1.73. The van der Waals surface area contributed by atoms with Crippen molar-refractivity contribution in [3.8, 4) is 0 Å². The van der Waals surface area contributed by atoms with Crippen molar-refractivity contribution in [1.82, 2.24) is 14.8 Å². The van der Waals surface area contributed by atoms with E-state index in [4.69, 9.17) is 0 Å². The van der Waals surface area contributed by atoms with Crippen molar-refractivity contribution in [1.29, 1.82) is 0 Å². The SMILES string of the molecule is Cc1nnc(NC(=O)c2cc3sccc3n2C)s1. The molecule has 0 aromatic carbocycles. The van der Waals surface area contributed by atoms with E-state index in [1.165, 1.54) is 11.3 Å². The molecular weight excluding hydrogens is 268 g/mol. The largest absolute Gasteiger partial charge is 0.339 e. The van der Waals surface area contributed by atoms with Gasteiger partial charge in [0.05, 0.1) is 10.2 Å². The second kappa shape index (κ2) is 4.18. The fraction of sp³-hybridized carbons (Fsp3) is 0.182. The van der Waals surface area contributed by atoms with Crippen molar-refractivity contribution in [2.75, 3.05) is 5.32 Å². The van der Waals surface area contributed by atoms with Gasteiger partial charge in [0.25, 0.3) is 5.91 Å². The molecule has 0 saturated carbocycles. The van der Waals surface area contributed by atoms with Crippen LogP contribution in [0.4, 0.5) is 5.13 Å². The molecule has 3 aromatic heterocycles. The van der Waals surface area contributed by atoms with Crippen molar-refractivity contribution in [2.24, 2.45) is 7.05 Å². The summed E-state index contributed by atoms with van der Waals surface area (Å²) in [7, 11) is 1.88. The van der Waals surface area contributed by atoms with Gasteiger partial charge in [0.15, 0.2) is 0 Å². The Labute approximate surface area is 111 Å². The lowest BCUT2D eigenvalue weighted by atomic mass is 10.4. The van der Waals surface area contributed by atoms with Crippen LogP contribution in [0.5, 0.6) is 0 Å². The molecule has 3 rings (SSSR count). The van der Waals surface area contributed by atoms with Gasteiger partial charge in [0.1, 0.15) is 10.7 Å². The zero-order valence-electron chi connectivity index (χ0n) is 9.80. The lowest BCUT2D eigenvalue weighted by molar-refractivity contribution is 0.101. The van der Waals surface area contributed by atoms with Crippen molar-refractivity contribution in [3.63, 3.8) is 0 Å². The fourth-order valence-electron chi connectivity index (χ4n) is 1.78. The number of hydrogen-bond acceptors (Lipinski definition) is 5. The van der Waals surface area contributed by atoms with E-state index in [2.05, 4.69) is 15.5 Å². The van der Waals surface area contributed by atoms with Crippen LogP contribution in [-0.4, -0.2) is 20.7 Å². The molecule has 7 heteroatoms. The second-order valence-corrected chi connectivity index (χ2v) is 5.97. The first-order valence-electron chi connectivity index (χ1n) is 5.29. The summed E-state index contributed by atoms with van der Waals surface area (Å²) in [6, 6.07) is 3.90. The Morgan fingerprint density at radius 1 is 1.44 bits per heavy atom. The molecule has 0 spiro atoms. The minimum atomic E-state index is -0.156. The molecule has 0 saturated heterocycles. The van der Waals surface area contributed by atoms with E-state index < -0.39 is 0 Å². The van der Waals surface area contributed by atoms with Crippen molar-refractivity contribution in [2.45, 2.75) is 6.92 Å². The molecule has 0 bridgehead atoms. The first kappa shape index (κ1) is 11.4. The molecule has 0 unspecified atom stereocenters. The highest BCUT2D eigenvalue weighted by Crippen LogP contribution is 2.25. The molecule has 18 heavy (non-hydrogen) atoms. The van der Waals surface area contributed by atoms with Crippen LogP contribution in [0.3, 0.4) is 0 Å². The molecule has 3 heterocycles. The van der Waals surface area contributed by atoms with Gasteiger partial charge in [-0.2, -0.15) is 0 Å². The van der Waals surface area contributed by atoms with Crippen molar-refractivity contribution < 1.29 is 4.79 Å². The summed E-state index contributed by atoms with van der Waals surface area (Å²) in [5, 5.41) is 13.9. The van der Waals surface area contributed by atoms with Gasteiger partial charge in [-0.3, -0.25) is 10.1 Å². The van der Waals surface area contributed by atoms with Crippen LogP contribution in [0.1, 0.15) is 15.5 Å². The fourth-order valence-corrected chi connectivity index (χ4v) is 3.21. The molecule has 0 atom stereocenters. The number of hydrogen-bond donors (Lipinski definition) is 1. The minimum Gasteiger partial charge on any atom is -0.339 e. The van der Waals surface area contributed by atoms with Gasteiger partial charge >= 0.3 is 0 Å². The Kier molecular flexibility index (Phi) is 2.64. The number of aryl methyl sites for hydroxylation is 2. The van der Waals surface area contributed by atoms with Gasteiger partial charge in [-0.1, -0.05) is 11.3 Å². The van der Waals surface area contributed by atoms with E-state index in [1.807, 2.05) is 36.1 Å². The van der Waals surface area contributed by atoms with Gasteiger partial charge in [-0.05, 0) is 24.4 Å². The number of carbonyl (C=O) groups is 1. The molecule has 0 aliphatic rings. The quantitative estimate of drug-likeness (QED) is 0.784. The summed E-state index contributed by atoms with van der Waals surface area (Å²) in [5.41, 5.74) is 1.70. The highest BCUT2D eigenvalue weighted by Gasteiger charge is 2.15. The minimum absolute atomic E-state index is 0.156. The second-order valence-electron chi connectivity index (χ2n) is 3.84. The summed E-state index contributed by atoms with van der Waals surface area (Å²) in [6.45, 7) is 1.85. The lowest BCUT2D eigenvalue weighted by Gasteiger charge is -2.02. The summed E-state index contributed by atoms with van der Waals surface area (Å²) in [5.74, 6) is -0.156. The van der Waals surface area contributed by atoms with Crippen LogP contribution in [-0.2, 0) is 7.05 Å². The van der Waals surface area contributed by atoms with Gasteiger partial charge in [-0.15, -0.1) is 21.5 Å². The smallest absolute Gasteiger partial charge is 0.274 e. The first-order valence-corrected chi connectivity index (χ1v) is 6.99. The molecule has 0 radical (unpaired) electrons. The number of nitrogens with zero attached hydrogens (tertiary/aromatic N) is 3. The monoisotopic (exact) mass is 278 g/mol. The Morgan fingerprint density at radius 3 is 2.94 bits per heavy atom. The van der Waals surface area contributed by atoms with Gasteiger partial charge < -0.3 is 4.57 Å². The Bertz CT molecular complexity index is 724. The van der Waals surface area contributed by atoms with E-state index in [-0.39, 0.29) is 5.91 Å². The number of nitrogens with one attached hydrogen (secondary N) is 1. The molecule has 0 aliphatic heterocycles. The van der Waals surface area contributed by atoms with Crippen LogP contribution >= 0.6 is 22.7 Å². The predicted molar refractivity (Wildman–Crippen MR) is 73.4 cm³/mol. The van der Waals surface area contributed by atoms with Crippen molar-refractivity contribution >= 4 is 43.9 Å². The Morgan fingerprint density at radius 2 is 2.28 bits per heavy atom. The normalized spacial score (nSPS) is 11.0. The van der Waals surface area contributed by atoms with Gasteiger partial charge in [0, 0.05) is 7.05 Å². The number of thiophene rings is 1. The lowest BCUT2D eigenvalue weighted by Crippen LogP contribution is -2.15. The van der Waals surface area contributed by atoms with Crippen molar-refractivity contribution in [3.05, 3.63) is 28.2 Å². The number of rotatable bonds is 2. The molecule has 92 valence electrons. The van der Waals surface area contributed by atoms with Crippen LogP contribution in [0.15, 0.2) is 17.5 Å². The van der Waals surface area contributed by atoms with E-state index >= 15 is 0 Å². The van der Waals surface area contributed by atoms with E-state index in [9.17, 15) is 4.79 Å². The maximum absolute atomic E-state index is 12.1. The average molecular weight is 278 g/mol. The number of carbonyl (C=O) groups excluding carboxylic acids is 1. The average Bonchev–Trinajstić information content (AvgIpc) is 2.98. The van der Waals surface area contributed by atoms with E-state index in [1.54, 1.807) is 11.3 Å². The molecule has 1 amide bonds. The number of aromatic nitrogens is 3. The molecule has 0 aliphatic carbocycles. The number of amides is 1. The maximum atomic E-state index is 12.1. The zero-order chi connectivity index (χ0) is 12.7. The van der Waals surface area contributed by atoms with Gasteiger partial charge in [-0.25, -0.2) is 0 Å². The molecule has 3 aromatic rings. The summed E-state index contributed by atoms with van der Waals surface area (Å²) in [6.07, 6.45) is 0. The van der Waals surface area contributed by atoms with E-state index in [0.717, 1.165) is 15.2 Å². The third kappa shape index (κ3) is 1.81. The highest BCUT2D eigenvalue weighted by atomic mass is 32.1. The predicted octanol–water partition coefficient (Wildman–Crippen LogP) is 2.65. The molecule has 1 N–H and O–H groups in total. The molecular formula is C11H10N4OS2. The molecule has 0 fully saturated rings. The van der Waals surface area contributed by atoms with E-state index in [0.29, 0.717) is 10.8 Å². The molecule has 5 nitrogen and oxygen atoms in total. The van der Waals surface area contributed by atoms with Crippen LogP contribution < -0.4 is 5.32 Å². The number of fused-ring (bicyclic) bond motifs is 1. The summed E-state index contributed by atoms with van der Waals surface area (Å²) < 4.78 is 2.99. The summed E-state index contributed by atoms with van der Waals surface area (Å²) in [4.78, 5) is 12.1. The third-order valence-corrected chi connectivity index (χ3v) is 4.25. The first-order chi connectivity index (χ1) is 8.65. The Balaban J connectivity index is 1.92. The van der Waals surface area contributed by atoms with Gasteiger partial charge in [0.2, 0.25) is 5.13 Å². The highest BCUT2D eigenvalue weighted by molar-refractivity contribution is 7.17. The van der Waals surface area contributed by atoms with Crippen LogP contribution in [0, 0.1) is 6.92 Å². The zero-order valence-corrected chi connectivity index (χ0v) is 11.4. The van der Waals surface area contributed by atoms with Crippen LogP contribution in [0.25, 0.3) is 10.2 Å².